The number of hydrogen-bond donors (Lipinski definition) is 1. The zero-order valence-electron chi connectivity index (χ0n) is 10.2. The summed E-state index contributed by atoms with van der Waals surface area (Å²) in [6.45, 7) is 3.43. The average molecular weight is 223 g/mol. The van der Waals surface area contributed by atoms with Crippen molar-refractivity contribution in [1.82, 2.24) is 5.32 Å². The van der Waals surface area contributed by atoms with E-state index >= 15 is 0 Å². The van der Waals surface area contributed by atoms with E-state index < -0.39 is 0 Å². The molecule has 0 heterocycles. The maximum absolute atomic E-state index is 3.44. The quantitative estimate of drug-likeness (QED) is 0.412. The molecule has 15 heavy (non-hydrogen) atoms. The number of benzene rings is 1. The Bertz CT molecular complexity index is 272. The van der Waals surface area contributed by atoms with Gasteiger partial charge in [-0.3, -0.25) is 0 Å². The molecule has 0 aromatic heterocycles. The zero-order chi connectivity index (χ0) is 11.1. The van der Waals surface area contributed by atoms with Gasteiger partial charge in [-0.05, 0) is 6.17 Å². The van der Waals surface area contributed by atoms with E-state index in [0.29, 0.717) is 0 Å². The predicted octanol–water partition coefficient (Wildman–Crippen LogP) is 0.176. The summed E-state index contributed by atoms with van der Waals surface area (Å²) in [5, 5.41) is 3.44. The van der Waals surface area contributed by atoms with E-state index in [4.69, 9.17) is 0 Å². The third kappa shape index (κ3) is 5.11. The maximum Gasteiger partial charge on any atom is 0.104 e. The van der Waals surface area contributed by atoms with E-state index in [9.17, 15) is 0 Å². The topological polar surface area (TPSA) is 12.0 Å². The number of likely N-dealkylation sites (N-methyl/N-ethyl adjacent to an activating group) is 1. The highest BCUT2D eigenvalue weighted by molar-refractivity contribution is 6.08. The molecule has 0 radical (unpaired) electrons. The SMILES string of the molecule is C[N+](C)(CCNC[SiH3])Cc1ccccc1. The summed E-state index contributed by atoms with van der Waals surface area (Å²) in [4.78, 5) is 0. The van der Waals surface area contributed by atoms with Gasteiger partial charge in [0.2, 0.25) is 0 Å². The Morgan fingerprint density at radius 1 is 1.20 bits per heavy atom. The molecule has 1 aromatic rings. The molecule has 1 aromatic carbocycles. The molecule has 0 aliphatic carbocycles. The number of nitrogens with zero attached hydrogens (tertiary/aromatic N) is 1. The standard InChI is InChI=1S/C12H23N2Si/c1-14(2,9-8-13-11-15)10-12-6-4-3-5-7-12/h3-7,13H,8-11H2,1-2,15H3/q+1. The highest BCUT2D eigenvalue weighted by atomic mass is 28.1. The van der Waals surface area contributed by atoms with Gasteiger partial charge < -0.3 is 9.80 Å². The van der Waals surface area contributed by atoms with Crippen molar-refractivity contribution in [3.05, 3.63) is 35.9 Å². The molecule has 0 bridgehead atoms. The molecule has 84 valence electrons. The monoisotopic (exact) mass is 223 g/mol. The van der Waals surface area contributed by atoms with Crippen LogP contribution in [0.15, 0.2) is 30.3 Å². The van der Waals surface area contributed by atoms with Crippen LogP contribution in [0.1, 0.15) is 5.56 Å². The van der Waals surface area contributed by atoms with Gasteiger partial charge in [0.05, 0.1) is 20.6 Å². The second-order valence-electron chi connectivity index (χ2n) is 4.66. The lowest BCUT2D eigenvalue weighted by Gasteiger charge is -2.30. The Morgan fingerprint density at radius 2 is 1.87 bits per heavy atom. The van der Waals surface area contributed by atoms with Crippen LogP contribution in [0.4, 0.5) is 0 Å². The third-order valence-electron chi connectivity index (χ3n) is 2.60. The summed E-state index contributed by atoms with van der Waals surface area (Å²) in [6.07, 6.45) is 1.20. The van der Waals surface area contributed by atoms with Crippen molar-refractivity contribution < 1.29 is 4.48 Å². The molecular weight excluding hydrogens is 200 g/mol. The molecule has 0 atom stereocenters. The summed E-state index contributed by atoms with van der Waals surface area (Å²) in [6, 6.07) is 10.7. The van der Waals surface area contributed by atoms with E-state index in [1.807, 2.05) is 0 Å². The van der Waals surface area contributed by atoms with Gasteiger partial charge in [-0.25, -0.2) is 0 Å². The van der Waals surface area contributed by atoms with Crippen LogP contribution in [0.3, 0.4) is 0 Å². The lowest BCUT2D eigenvalue weighted by molar-refractivity contribution is -0.902. The fourth-order valence-corrected chi connectivity index (χ4v) is 2.07. The van der Waals surface area contributed by atoms with Crippen molar-refractivity contribution >= 4 is 10.2 Å². The van der Waals surface area contributed by atoms with Gasteiger partial charge in [0.25, 0.3) is 0 Å². The minimum atomic E-state index is 1.05. The molecule has 0 spiro atoms. The Balaban J connectivity index is 2.42. The van der Waals surface area contributed by atoms with Gasteiger partial charge in [-0.1, -0.05) is 30.3 Å². The molecule has 0 aliphatic heterocycles. The molecule has 0 aliphatic rings. The van der Waals surface area contributed by atoms with Crippen LogP contribution >= 0.6 is 0 Å². The van der Waals surface area contributed by atoms with E-state index in [2.05, 4.69) is 49.7 Å². The van der Waals surface area contributed by atoms with Gasteiger partial charge in [0, 0.05) is 22.4 Å². The van der Waals surface area contributed by atoms with Crippen molar-refractivity contribution in [2.45, 2.75) is 6.54 Å². The molecule has 0 saturated carbocycles. The second-order valence-corrected chi connectivity index (χ2v) is 5.36. The van der Waals surface area contributed by atoms with Crippen molar-refractivity contribution in [2.24, 2.45) is 0 Å². The first-order valence-electron chi connectivity index (χ1n) is 5.71. The first-order valence-corrected chi connectivity index (χ1v) is 7.12. The maximum atomic E-state index is 3.44. The Morgan fingerprint density at radius 3 is 2.47 bits per heavy atom. The van der Waals surface area contributed by atoms with Crippen LogP contribution in [-0.2, 0) is 6.54 Å². The van der Waals surface area contributed by atoms with Gasteiger partial charge >= 0.3 is 0 Å². The van der Waals surface area contributed by atoms with Gasteiger partial charge in [0.15, 0.2) is 0 Å². The fraction of sp³-hybridized carbons (Fsp3) is 0.500. The summed E-state index contributed by atoms with van der Waals surface area (Å²) in [5.41, 5.74) is 1.42. The molecule has 0 saturated heterocycles. The van der Waals surface area contributed by atoms with Gasteiger partial charge in [0.1, 0.15) is 6.54 Å². The summed E-state index contributed by atoms with van der Waals surface area (Å²) >= 11 is 0. The van der Waals surface area contributed by atoms with E-state index in [-0.39, 0.29) is 0 Å². The minimum Gasteiger partial charge on any atom is -0.324 e. The molecule has 3 heteroatoms. The summed E-state index contributed by atoms with van der Waals surface area (Å²) in [5.74, 6) is 0. The lowest BCUT2D eigenvalue weighted by atomic mass is 10.2. The van der Waals surface area contributed by atoms with Crippen LogP contribution in [0, 0.1) is 0 Å². The largest absolute Gasteiger partial charge is 0.324 e. The van der Waals surface area contributed by atoms with Crippen molar-refractivity contribution in [3.8, 4) is 0 Å². The van der Waals surface area contributed by atoms with Crippen LogP contribution in [0.5, 0.6) is 0 Å². The predicted molar refractivity (Wildman–Crippen MR) is 69.9 cm³/mol. The highest BCUT2D eigenvalue weighted by Gasteiger charge is 2.14. The second kappa shape index (κ2) is 6.05. The normalized spacial score (nSPS) is 11.9. The van der Waals surface area contributed by atoms with Crippen LogP contribution in [0.2, 0.25) is 0 Å². The smallest absolute Gasteiger partial charge is 0.104 e. The van der Waals surface area contributed by atoms with Gasteiger partial charge in [-0.2, -0.15) is 0 Å². The van der Waals surface area contributed by atoms with Crippen LogP contribution < -0.4 is 5.32 Å². The zero-order valence-corrected chi connectivity index (χ0v) is 12.2. The van der Waals surface area contributed by atoms with Crippen LogP contribution in [0.25, 0.3) is 0 Å². The van der Waals surface area contributed by atoms with Crippen molar-refractivity contribution in [2.75, 3.05) is 33.4 Å². The summed E-state index contributed by atoms with van der Waals surface area (Å²) < 4.78 is 1.05. The van der Waals surface area contributed by atoms with E-state index in [1.165, 1.54) is 28.5 Å². The molecule has 1 N–H and O–H groups in total. The minimum absolute atomic E-state index is 1.05. The van der Waals surface area contributed by atoms with Crippen molar-refractivity contribution in [3.63, 3.8) is 0 Å². The number of rotatable bonds is 6. The first-order chi connectivity index (χ1) is 7.14. The Labute approximate surface area is 96.3 Å². The fourth-order valence-electron chi connectivity index (χ4n) is 1.72. The molecule has 0 amide bonds. The van der Waals surface area contributed by atoms with Gasteiger partial charge in [-0.15, -0.1) is 0 Å². The molecular formula is C12H23N2Si+. The third-order valence-corrected chi connectivity index (χ3v) is 3.10. The number of nitrogens with one attached hydrogen (secondary N) is 1. The number of hydrogen-bond acceptors (Lipinski definition) is 1. The Hall–Kier alpha value is -0.643. The number of quaternary nitrogens is 1. The van der Waals surface area contributed by atoms with E-state index in [0.717, 1.165) is 17.6 Å². The first kappa shape index (κ1) is 12.4. The molecule has 0 unspecified atom stereocenters. The Kier molecular flexibility index (Phi) is 5.01. The molecule has 2 nitrogen and oxygen atoms in total. The van der Waals surface area contributed by atoms with Crippen LogP contribution in [-0.4, -0.2) is 48.1 Å². The average Bonchev–Trinajstić information content (AvgIpc) is 2.18. The van der Waals surface area contributed by atoms with Crippen molar-refractivity contribution in [1.29, 1.82) is 0 Å². The summed E-state index contributed by atoms with van der Waals surface area (Å²) in [7, 11) is 5.84. The van der Waals surface area contributed by atoms with E-state index in [1.54, 1.807) is 0 Å². The lowest BCUT2D eigenvalue weighted by Crippen LogP contribution is -2.43. The highest BCUT2D eigenvalue weighted by Crippen LogP contribution is 2.07. The molecule has 1 rings (SSSR count). The molecule has 0 fully saturated rings.